The van der Waals surface area contributed by atoms with Gasteiger partial charge in [0.1, 0.15) is 0 Å². The molecule has 1 unspecified atom stereocenters. The van der Waals surface area contributed by atoms with Gasteiger partial charge < -0.3 is 10.6 Å². The zero-order valence-corrected chi connectivity index (χ0v) is 11.6. The summed E-state index contributed by atoms with van der Waals surface area (Å²) >= 11 is 1.56. The largest absolute Gasteiger partial charge is 0.351 e. The second-order valence-electron chi connectivity index (χ2n) is 4.99. The van der Waals surface area contributed by atoms with Crippen LogP contribution in [0.2, 0.25) is 0 Å². The zero-order chi connectivity index (χ0) is 13.1. The fraction of sp³-hybridized carbons (Fsp3) is 0.400. The average Bonchev–Trinajstić information content (AvgIpc) is 3.07. The lowest BCUT2D eigenvalue weighted by molar-refractivity contribution is 0.0956. The highest BCUT2D eigenvalue weighted by Crippen LogP contribution is 2.25. The number of hydrogen-bond acceptors (Lipinski definition) is 3. The molecule has 0 spiro atoms. The first kappa shape index (κ1) is 12.6. The van der Waals surface area contributed by atoms with Gasteiger partial charge in [-0.05, 0) is 43.3 Å². The van der Waals surface area contributed by atoms with E-state index >= 15 is 0 Å². The molecule has 3 rings (SSSR count). The summed E-state index contributed by atoms with van der Waals surface area (Å²) in [7, 11) is 0. The number of benzene rings is 1. The van der Waals surface area contributed by atoms with Crippen molar-refractivity contribution in [1.29, 1.82) is 0 Å². The van der Waals surface area contributed by atoms with Crippen LogP contribution in [0.3, 0.4) is 0 Å². The Hall–Kier alpha value is -1.39. The Morgan fingerprint density at radius 2 is 2.32 bits per heavy atom. The highest BCUT2D eigenvalue weighted by molar-refractivity contribution is 7.20. The minimum absolute atomic E-state index is 0.0548. The topological polar surface area (TPSA) is 41.1 Å². The Morgan fingerprint density at radius 1 is 1.42 bits per heavy atom. The summed E-state index contributed by atoms with van der Waals surface area (Å²) in [5.41, 5.74) is 0. The van der Waals surface area contributed by atoms with Crippen molar-refractivity contribution in [2.24, 2.45) is 0 Å². The lowest BCUT2D eigenvalue weighted by atomic mass is 10.1. The van der Waals surface area contributed by atoms with Gasteiger partial charge in [0.15, 0.2) is 0 Å². The zero-order valence-electron chi connectivity index (χ0n) is 10.8. The summed E-state index contributed by atoms with van der Waals surface area (Å²) < 4.78 is 1.17. The van der Waals surface area contributed by atoms with Gasteiger partial charge in [0.25, 0.3) is 5.91 Å². The van der Waals surface area contributed by atoms with Crippen molar-refractivity contribution >= 4 is 27.3 Å². The summed E-state index contributed by atoms with van der Waals surface area (Å²) in [6.45, 7) is 1.87. The molecule has 1 aliphatic rings. The van der Waals surface area contributed by atoms with Crippen molar-refractivity contribution in [3.8, 4) is 0 Å². The van der Waals surface area contributed by atoms with E-state index in [2.05, 4.69) is 16.7 Å². The van der Waals surface area contributed by atoms with Crippen molar-refractivity contribution in [3.63, 3.8) is 0 Å². The van der Waals surface area contributed by atoms with E-state index in [9.17, 15) is 4.79 Å². The number of nitrogens with one attached hydrogen (secondary N) is 2. The van der Waals surface area contributed by atoms with E-state index in [-0.39, 0.29) is 5.91 Å². The van der Waals surface area contributed by atoms with Gasteiger partial charge in [0, 0.05) is 17.3 Å². The molecule has 2 heterocycles. The van der Waals surface area contributed by atoms with E-state index < -0.39 is 0 Å². The molecule has 19 heavy (non-hydrogen) atoms. The van der Waals surface area contributed by atoms with Crippen molar-refractivity contribution in [2.75, 3.05) is 13.1 Å². The molecule has 0 radical (unpaired) electrons. The molecule has 1 amide bonds. The third-order valence-electron chi connectivity index (χ3n) is 3.59. The summed E-state index contributed by atoms with van der Waals surface area (Å²) in [5.74, 6) is 0.0548. The van der Waals surface area contributed by atoms with Crippen LogP contribution in [0, 0.1) is 0 Å². The summed E-state index contributed by atoms with van der Waals surface area (Å²) in [4.78, 5) is 12.9. The molecule has 100 valence electrons. The first-order valence-corrected chi connectivity index (χ1v) is 7.65. The molecule has 0 bridgehead atoms. The maximum atomic E-state index is 12.1. The van der Waals surface area contributed by atoms with Crippen LogP contribution in [-0.4, -0.2) is 25.0 Å². The number of fused-ring (bicyclic) bond motifs is 1. The predicted molar refractivity (Wildman–Crippen MR) is 79.8 cm³/mol. The van der Waals surface area contributed by atoms with Crippen molar-refractivity contribution in [3.05, 3.63) is 35.2 Å². The number of thiophene rings is 1. The minimum Gasteiger partial charge on any atom is -0.351 e. The maximum absolute atomic E-state index is 12.1. The maximum Gasteiger partial charge on any atom is 0.261 e. The molecule has 0 aliphatic carbocycles. The van der Waals surface area contributed by atoms with Crippen molar-refractivity contribution in [2.45, 2.75) is 25.3 Å². The highest BCUT2D eigenvalue weighted by atomic mass is 32.1. The molecule has 3 nitrogen and oxygen atoms in total. The van der Waals surface area contributed by atoms with Crippen molar-refractivity contribution < 1.29 is 4.79 Å². The summed E-state index contributed by atoms with van der Waals surface area (Å²) in [6.07, 6.45) is 3.52. The molecule has 1 saturated heterocycles. The predicted octanol–water partition coefficient (Wildman–Crippen LogP) is 2.77. The van der Waals surface area contributed by atoms with E-state index in [0.717, 1.165) is 29.8 Å². The Bertz CT molecular complexity index is 539. The molecule has 2 N–H and O–H groups in total. The summed E-state index contributed by atoms with van der Waals surface area (Å²) in [6, 6.07) is 10.7. The number of amides is 1. The van der Waals surface area contributed by atoms with Crippen LogP contribution in [0.25, 0.3) is 10.1 Å². The van der Waals surface area contributed by atoms with Gasteiger partial charge in [-0.3, -0.25) is 4.79 Å². The van der Waals surface area contributed by atoms with Crippen molar-refractivity contribution in [1.82, 2.24) is 10.6 Å². The Morgan fingerprint density at radius 3 is 3.11 bits per heavy atom. The van der Waals surface area contributed by atoms with Crippen LogP contribution >= 0.6 is 11.3 Å². The third kappa shape index (κ3) is 2.96. The van der Waals surface area contributed by atoms with Crippen LogP contribution in [-0.2, 0) is 0 Å². The fourth-order valence-corrected chi connectivity index (χ4v) is 3.52. The van der Waals surface area contributed by atoms with E-state index in [1.54, 1.807) is 11.3 Å². The molecular weight excluding hydrogens is 256 g/mol. The van der Waals surface area contributed by atoms with E-state index in [1.807, 2.05) is 24.3 Å². The van der Waals surface area contributed by atoms with E-state index in [4.69, 9.17) is 0 Å². The van der Waals surface area contributed by atoms with Gasteiger partial charge >= 0.3 is 0 Å². The van der Waals surface area contributed by atoms with Crippen LogP contribution in [0.1, 0.15) is 28.9 Å². The smallest absolute Gasteiger partial charge is 0.261 e. The molecule has 1 aliphatic heterocycles. The number of carbonyl (C=O) groups is 1. The normalized spacial score (nSPS) is 18.8. The Labute approximate surface area is 117 Å². The molecule has 1 atom stereocenters. The van der Waals surface area contributed by atoms with Gasteiger partial charge in [-0.2, -0.15) is 0 Å². The highest BCUT2D eigenvalue weighted by Gasteiger charge is 2.14. The molecule has 4 heteroatoms. The average molecular weight is 274 g/mol. The van der Waals surface area contributed by atoms with Gasteiger partial charge in [-0.25, -0.2) is 0 Å². The lowest BCUT2D eigenvalue weighted by Crippen LogP contribution is -2.30. The van der Waals surface area contributed by atoms with E-state index in [1.165, 1.54) is 17.5 Å². The first-order valence-electron chi connectivity index (χ1n) is 6.83. The Kier molecular flexibility index (Phi) is 3.80. The molecule has 0 saturated carbocycles. The molecule has 1 aromatic heterocycles. The van der Waals surface area contributed by atoms with E-state index in [0.29, 0.717) is 6.04 Å². The SMILES string of the molecule is O=C(NCCC1CCCN1)c1cc2ccccc2s1. The van der Waals surface area contributed by atoms with Gasteiger partial charge in [-0.1, -0.05) is 18.2 Å². The summed E-state index contributed by atoms with van der Waals surface area (Å²) in [5, 5.41) is 7.61. The minimum atomic E-state index is 0.0548. The van der Waals surface area contributed by atoms with Crippen LogP contribution in [0.15, 0.2) is 30.3 Å². The molecular formula is C15H18N2OS. The number of rotatable bonds is 4. The second-order valence-corrected chi connectivity index (χ2v) is 6.07. The third-order valence-corrected chi connectivity index (χ3v) is 4.70. The standard InChI is InChI=1S/C15H18N2OS/c18-15(17-9-7-12-5-3-8-16-12)14-10-11-4-1-2-6-13(11)19-14/h1-2,4,6,10,12,16H,3,5,7-9H2,(H,17,18). The Balaban J connectivity index is 1.57. The van der Waals surface area contributed by atoms with Gasteiger partial charge in [-0.15, -0.1) is 11.3 Å². The van der Waals surface area contributed by atoms with Crippen LogP contribution in [0.4, 0.5) is 0 Å². The lowest BCUT2D eigenvalue weighted by Gasteiger charge is -2.09. The molecule has 1 aromatic carbocycles. The quantitative estimate of drug-likeness (QED) is 0.900. The molecule has 1 fully saturated rings. The van der Waals surface area contributed by atoms with Gasteiger partial charge in [0.05, 0.1) is 4.88 Å². The van der Waals surface area contributed by atoms with Crippen LogP contribution < -0.4 is 10.6 Å². The molecule has 2 aromatic rings. The fourth-order valence-electron chi connectivity index (χ4n) is 2.54. The van der Waals surface area contributed by atoms with Gasteiger partial charge in [0.2, 0.25) is 0 Å². The monoisotopic (exact) mass is 274 g/mol. The first-order chi connectivity index (χ1) is 9.33. The number of carbonyl (C=O) groups excluding carboxylic acids is 1. The van der Waals surface area contributed by atoms with Crippen LogP contribution in [0.5, 0.6) is 0 Å². The second kappa shape index (κ2) is 5.72. The number of hydrogen-bond donors (Lipinski definition) is 2.